The number of nitrogens with zero attached hydrogens (tertiary/aromatic N) is 1. The minimum atomic E-state index is 0.791. The molecule has 3 nitrogen and oxygen atoms in total. The number of halogens is 1. The van der Waals surface area contributed by atoms with Crippen LogP contribution in [-0.2, 0) is 6.42 Å². The standard InChI is InChI=1S/C14H16ClN3/c1-9-11(3-5-14-16-6-7-17-14)12-8-10(15)2-4-13(12)18-9/h2,4,8,18H,3,5-7H2,1H3,(H,16,17). The van der Waals surface area contributed by atoms with Gasteiger partial charge in [0.25, 0.3) is 0 Å². The van der Waals surface area contributed by atoms with Gasteiger partial charge in [0.2, 0.25) is 0 Å². The maximum Gasteiger partial charge on any atom is 0.0967 e. The molecule has 0 radical (unpaired) electrons. The summed E-state index contributed by atoms with van der Waals surface area (Å²) in [5, 5.41) is 5.34. The Bertz CT molecular complexity index is 613. The fourth-order valence-corrected chi connectivity index (χ4v) is 2.71. The summed E-state index contributed by atoms with van der Waals surface area (Å²) in [6.45, 7) is 4.01. The summed E-state index contributed by atoms with van der Waals surface area (Å²) < 4.78 is 0. The van der Waals surface area contributed by atoms with Crippen molar-refractivity contribution in [1.29, 1.82) is 0 Å². The molecule has 0 bridgehead atoms. The van der Waals surface area contributed by atoms with Crippen LogP contribution in [0.3, 0.4) is 0 Å². The largest absolute Gasteiger partial charge is 0.372 e. The highest BCUT2D eigenvalue weighted by Crippen LogP contribution is 2.26. The number of H-pyrrole nitrogens is 1. The zero-order valence-electron chi connectivity index (χ0n) is 10.4. The molecule has 2 N–H and O–H groups in total. The maximum atomic E-state index is 6.08. The van der Waals surface area contributed by atoms with E-state index in [0.717, 1.165) is 42.3 Å². The van der Waals surface area contributed by atoms with Crippen LogP contribution in [0.1, 0.15) is 17.7 Å². The smallest absolute Gasteiger partial charge is 0.0967 e. The molecule has 4 heteroatoms. The summed E-state index contributed by atoms with van der Waals surface area (Å²) in [5.74, 6) is 1.13. The van der Waals surface area contributed by atoms with E-state index in [1.165, 1.54) is 16.6 Å². The lowest BCUT2D eigenvalue weighted by atomic mass is 10.1. The first kappa shape index (κ1) is 11.6. The summed E-state index contributed by atoms with van der Waals surface area (Å²) in [6.07, 6.45) is 1.97. The highest BCUT2D eigenvalue weighted by atomic mass is 35.5. The summed E-state index contributed by atoms with van der Waals surface area (Å²) in [6, 6.07) is 6.01. The maximum absolute atomic E-state index is 6.08. The molecule has 18 heavy (non-hydrogen) atoms. The number of rotatable bonds is 3. The number of aromatic nitrogens is 1. The molecule has 1 aliphatic rings. The lowest BCUT2D eigenvalue weighted by Gasteiger charge is -2.03. The van der Waals surface area contributed by atoms with Crippen molar-refractivity contribution in [2.75, 3.05) is 13.1 Å². The van der Waals surface area contributed by atoms with Crippen molar-refractivity contribution in [3.8, 4) is 0 Å². The van der Waals surface area contributed by atoms with E-state index in [0.29, 0.717) is 0 Å². The lowest BCUT2D eigenvalue weighted by Crippen LogP contribution is -2.18. The van der Waals surface area contributed by atoms with E-state index >= 15 is 0 Å². The molecular weight excluding hydrogens is 246 g/mol. The molecule has 0 saturated heterocycles. The normalized spacial score (nSPS) is 14.9. The van der Waals surface area contributed by atoms with Gasteiger partial charge in [-0.15, -0.1) is 0 Å². The van der Waals surface area contributed by atoms with Crippen molar-refractivity contribution in [2.45, 2.75) is 19.8 Å². The van der Waals surface area contributed by atoms with Gasteiger partial charge in [-0.3, -0.25) is 4.99 Å². The highest BCUT2D eigenvalue weighted by Gasteiger charge is 2.11. The van der Waals surface area contributed by atoms with E-state index < -0.39 is 0 Å². The van der Waals surface area contributed by atoms with Crippen LogP contribution in [0.25, 0.3) is 10.9 Å². The molecule has 2 aromatic rings. The Balaban J connectivity index is 1.90. The van der Waals surface area contributed by atoms with Crippen molar-refractivity contribution in [3.05, 3.63) is 34.5 Å². The summed E-state index contributed by atoms with van der Waals surface area (Å²) in [7, 11) is 0. The second-order valence-corrected chi connectivity index (χ2v) is 5.11. The van der Waals surface area contributed by atoms with Gasteiger partial charge in [0.1, 0.15) is 0 Å². The second-order valence-electron chi connectivity index (χ2n) is 4.67. The van der Waals surface area contributed by atoms with E-state index in [2.05, 4.69) is 22.2 Å². The van der Waals surface area contributed by atoms with E-state index in [1.54, 1.807) is 0 Å². The first-order chi connectivity index (χ1) is 8.74. The molecule has 1 aromatic heterocycles. The molecule has 1 aromatic carbocycles. The first-order valence-electron chi connectivity index (χ1n) is 6.28. The second kappa shape index (κ2) is 4.65. The Hall–Kier alpha value is -1.48. The van der Waals surface area contributed by atoms with Crippen LogP contribution in [0.15, 0.2) is 23.2 Å². The Labute approximate surface area is 111 Å². The molecule has 0 atom stereocenters. The molecule has 1 aliphatic heterocycles. The average Bonchev–Trinajstić information content (AvgIpc) is 2.94. The van der Waals surface area contributed by atoms with E-state index in [9.17, 15) is 0 Å². The number of nitrogens with one attached hydrogen (secondary N) is 2. The predicted octanol–water partition coefficient (Wildman–Crippen LogP) is 3.06. The molecular formula is C14H16ClN3. The van der Waals surface area contributed by atoms with E-state index in [4.69, 9.17) is 11.6 Å². The number of benzene rings is 1. The monoisotopic (exact) mass is 261 g/mol. The molecule has 3 rings (SSSR count). The fraction of sp³-hybridized carbons (Fsp3) is 0.357. The van der Waals surface area contributed by atoms with Crippen LogP contribution in [0.5, 0.6) is 0 Å². The van der Waals surface area contributed by atoms with Crippen LogP contribution in [-0.4, -0.2) is 23.9 Å². The SMILES string of the molecule is Cc1[nH]c2ccc(Cl)cc2c1CCC1=NCCN1. The Morgan fingerprint density at radius 3 is 3.00 bits per heavy atom. The van der Waals surface area contributed by atoms with Gasteiger partial charge in [0.15, 0.2) is 0 Å². The third-order valence-electron chi connectivity index (χ3n) is 3.44. The minimum absolute atomic E-state index is 0.791. The minimum Gasteiger partial charge on any atom is -0.372 e. The number of hydrogen-bond donors (Lipinski definition) is 2. The molecule has 94 valence electrons. The van der Waals surface area contributed by atoms with E-state index in [1.807, 2.05) is 18.2 Å². The number of hydrogen-bond acceptors (Lipinski definition) is 2. The van der Waals surface area contributed by atoms with Gasteiger partial charge in [0, 0.05) is 34.6 Å². The molecule has 2 heterocycles. The number of aliphatic imine (C=N–C) groups is 1. The number of aryl methyl sites for hydroxylation is 2. The lowest BCUT2D eigenvalue weighted by molar-refractivity contribution is 0.933. The third-order valence-corrected chi connectivity index (χ3v) is 3.67. The number of fused-ring (bicyclic) bond motifs is 1. The van der Waals surface area contributed by atoms with Crippen LogP contribution in [0.2, 0.25) is 5.02 Å². The zero-order valence-corrected chi connectivity index (χ0v) is 11.1. The van der Waals surface area contributed by atoms with Gasteiger partial charge in [-0.05, 0) is 37.1 Å². The Morgan fingerprint density at radius 2 is 2.22 bits per heavy atom. The molecule has 0 unspecified atom stereocenters. The van der Waals surface area contributed by atoms with Crippen LogP contribution in [0.4, 0.5) is 0 Å². The van der Waals surface area contributed by atoms with Crippen molar-refractivity contribution < 1.29 is 0 Å². The number of amidine groups is 1. The highest BCUT2D eigenvalue weighted by molar-refractivity contribution is 6.31. The van der Waals surface area contributed by atoms with Gasteiger partial charge in [-0.25, -0.2) is 0 Å². The average molecular weight is 262 g/mol. The molecule has 0 aliphatic carbocycles. The van der Waals surface area contributed by atoms with Gasteiger partial charge in [0.05, 0.1) is 12.4 Å². The molecule has 0 saturated carbocycles. The van der Waals surface area contributed by atoms with Crippen molar-refractivity contribution in [1.82, 2.24) is 10.3 Å². The molecule has 0 amide bonds. The Morgan fingerprint density at radius 1 is 1.33 bits per heavy atom. The van der Waals surface area contributed by atoms with Crippen molar-refractivity contribution >= 4 is 28.3 Å². The van der Waals surface area contributed by atoms with Crippen LogP contribution >= 0.6 is 11.6 Å². The zero-order chi connectivity index (χ0) is 12.5. The topological polar surface area (TPSA) is 40.2 Å². The van der Waals surface area contributed by atoms with Crippen LogP contribution in [0, 0.1) is 6.92 Å². The van der Waals surface area contributed by atoms with Gasteiger partial charge in [-0.1, -0.05) is 11.6 Å². The summed E-state index contributed by atoms with van der Waals surface area (Å²) in [4.78, 5) is 7.84. The predicted molar refractivity (Wildman–Crippen MR) is 76.7 cm³/mol. The molecule has 0 spiro atoms. The summed E-state index contributed by atoms with van der Waals surface area (Å²) in [5.41, 5.74) is 3.74. The van der Waals surface area contributed by atoms with Crippen molar-refractivity contribution in [3.63, 3.8) is 0 Å². The van der Waals surface area contributed by atoms with Gasteiger partial charge >= 0.3 is 0 Å². The van der Waals surface area contributed by atoms with Gasteiger partial charge < -0.3 is 10.3 Å². The first-order valence-corrected chi connectivity index (χ1v) is 6.66. The Kier molecular flexibility index (Phi) is 3.00. The third kappa shape index (κ3) is 2.10. The van der Waals surface area contributed by atoms with Crippen molar-refractivity contribution in [2.24, 2.45) is 4.99 Å². The summed E-state index contributed by atoms with van der Waals surface area (Å²) >= 11 is 6.08. The van der Waals surface area contributed by atoms with E-state index in [-0.39, 0.29) is 0 Å². The van der Waals surface area contributed by atoms with Gasteiger partial charge in [-0.2, -0.15) is 0 Å². The number of aromatic amines is 1. The molecule has 0 fully saturated rings. The van der Waals surface area contributed by atoms with Crippen LogP contribution < -0.4 is 5.32 Å². The quantitative estimate of drug-likeness (QED) is 0.876. The fourth-order valence-electron chi connectivity index (χ4n) is 2.53.